The molecular weight excluding hydrogens is 318 g/mol. The maximum atomic E-state index is 6.21. The quantitative estimate of drug-likeness (QED) is 0.757. The van der Waals surface area contributed by atoms with Crippen LogP contribution in [0.2, 0.25) is 0 Å². The number of hydrogen-bond acceptors (Lipinski definition) is 1. The Hall–Kier alpha value is 0.140. The molecule has 0 fully saturated rings. The largest absolute Gasteiger partial charge is 0.324 e. The summed E-state index contributed by atoms with van der Waals surface area (Å²) in [4.78, 5) is 0. The van der Waals surface area contributed by atoms with Crippen LogP contribution in [0.3, 0.4) is 0 Å². The minimum Gasteiger partial charge on any atom is -0.324 e. The van der Waals surface area contributed by atoms with Gasteiger partial charge < -0.3 is 5.73 Å². The molecule has 1 nitrogen and oxygen atoms in total. The molecule has 82 valence electrons. The monoisotopic (exact) mass is 331 g/mol. The minimum atomic E-state index is 0.153. The van der Waals surface area contributed by atoms with Crippen molar-refractivity contribution in [2.24, 2.45) is 5.73 Å². The molecule has 1 aliphatic rings. The zero-order chi connectivity index (χ0) is 11.4. The van der Waals surface area contributed by atoms with Crippen LogP contribution in [0.15, 0.2) is 15.0 Å². The van der Waals surface area contributed by atoms with E-state index < -0.39 is 0 Å². The zero-order valence-corrected chi connectivity index (χ0v) is 12.4. The highest BCUT2D eigenvalue weighted by atomic mass is 79.9. The summed E-state index contributed by atoms with van der Waals surface area (Å²) >= 11 is 7.32. The summed E-state index contributed by atoms with van der Waals surface area (Å²) in [5, 5.41) is 0. The maximum absolute atomic E-state index is 6.21. The molecule has 2 N–H and O–H groups in total. The zero-order valence-electron chi connectivity index (χ0n) is 9.20. The fourth-order valence-corrected chi connectivity index (χ4v) is 4.27. The van der Waals surface area contributed by atoms with Crippen LogP contribution >= 0.6 is 31.9 Å². The number of hydrogen-bond donors (Lipinski definition) is 1. The third-order valence-electron chi connectivity index (χ3n) is 3.21. The van der Waals surface area contributed by atoms with E-state index in [1.165, 1.54) is 25.6 Å². The molecule has 0 amide bonds. The maximum Gasteiger partial charge on any atom is 0.0317 e. The fraction of sp³-hybridized carbons (Fsp3) is 0.500. The lowest BCUT2D eigenvalue weighted by molar-refractivity contribution is 0.480. The lowest BCUT2D eigenvalue weighted by atomic mass is 9.86. The first-order valence-electron chi connectivity index (χ1n) is 5.09. The Bertz CT molecular complexity index is 424. The average molecular weight is 333 g/mol. The van der Waals surface area contributed by atoms with Crippen LogP contribution in [0, 0.1) is 6.92 Å². The van der Waals surface area contributed by atoms with Crippen molar-refractivity contribution >= 4 is 31.9 Å². The van der Waals surface area contributed by atoms with Crippen molar-refractivity contribution in [1.82, 2.24) is 0 Å². The van der Waals surface area contributed by atoms with Gasteiger partial charge in [0.15, 0.2) is 0 Å². The second-order valence-corrected chi connectivity index (χ2v) is 6.62. The molecule has 0 heterocycles. The van der Waals surface area contributed by atoms with Gasteiger partial charge in [-0.25, -0.2) is 0 Å². The second kappa shape index (κ2) is 3.57. The van der Waals surface area contributed by atoms with E-state index in [4.69, 9.17) is 5.73 Å². The van der Waals surface area contributed by atoms with Gasteiger partial charge in [-0.1, -0.05) is 45.7 Å². The van der Waals surface area contributed by atoms with Gasteiger partial charge in [0.1, 0.15) is 0 Å². The Morgan fingerprint density at radius 2 is 2.00 bits per heavy atom. The molecule has 0 aromatic heterocycles. The molecule has 1 aromatic carbocycles. The summed E-state index contributed by atoms with van der Waals surface area (Å²) in [7, 11) is 0. The SMILES string of the molecule is Cc1cc(Br)c2c(c1Br)[C@@H](N)CC2(C)C. The molecule has 3 heteroatoms. The molecule has 0 saturated heterocycles. The summed E-state index contributed by atoms with van der Waals surface area (Å²) in [6.07, 6.45) is 1.02. The highest BCUT2D eigenvalue weighted by Gasteiger charge is 2.38. The van der Waals surface area contributed by atoms with E-state index in [0.717, 1.165) is 6.42 Å². The Kier molecular flexibility index (Phi) is 2.77. The van der Waals surface area contributed by atoms with E-state index >= 15 is 0 Å². The van der Waals surface area contributed by atoms with Crippen molar-refractivity contribution in [3.8, 4) is 0 Å². The normalized spacial score (nSPS) is 22.9. The fourth-order valence-electron chi connectivity index (χ4n) is 2.57. The van der Waals surface area contributed by atoms with Crippen LogP contribution in [-0.2, 0) is 5.41 Å². The Morgan fingerprint density at radius 1 is 1.40 bits per heavy atom. The van der Waals surface area contributed by atoms with Gasteiger partial charge in [0.05, 0.1) is 0 Å². The van der Waals surface area contributed by atoms with Crippen LogP contribution in [0.25, 0.3) is 0 Å². The number of rotatable bonds is 0. The summed E-state index contributed by atoms with van der Waals surface area (Å²) in [6, 6.07) is 2.32. The lowest BCUT2D eigenvalue weighted by Gasteiger charge is -2.21. The Morgan fingerprint density at radius 3 is 2.60 bits per heavy atom. The highest BCUT2D eigenvalue weighted by molar-refractivity contribution is 9.11. The first-order chi connectivity index (χ1) is 6.84. The molecule has 0 radical (unpaired) electrons. The molecular formula is C12H15Br2N. The van der Waals surface area contributed by atoms with E-state index in [9.17, 15) is 0 Å². The van der Waals surface area contributed by atoms with E-state index in [1.54, 1.807) is 0 Å². The highest BCUT2D eigenvalue weighted by Crippen LogP contribution is 2.50. The lowest BCUT2D eigenvalue weighted by Crippen LogP contribution is -2.14. The van der Waals surface area contributed by atoms with Gasteiger partial charge in [-0.05, 0) is 41.5 Å². The van der Waals surface area contributed by atoms with Crippen LogP contribution in [0.1, 0.15) is 43.0 Å². The second-order valence-electron chi connectivity index (χ2n) is 4.97. The molecule has 0 unspecified atom stereocenters. The topological polar surface area (TPSA) is 26.0 Å². The molecule has 0 spiro atoms. The molecule has 0 saturated carbocycles. The molecule has 1 aromatic rings. The molecule has 0 aliphatic heterocycles. The van der Waals surface area contributed by atoms with Crippen molar-refractivity contribution in [2.45, 2.75) is 38.6 Å². The molecule has 15 heavy (non-hydrogen) atoms. The van der Waals surface area contributed by atoms with Gasteiger partial charge in [0.25, 0.3) is 0 Å². The number of nitrogens with two attached hydrogens (primary N) is 1. The summed E-state index contributed by atoms with van der Waals surface area (Å²) in [5.41, 5.74) is 10.3. The van der Waals surface area contributed by atoms with Gasteiger partial charge in [0.2, 0.25) is 0 Å². The van der Waals surface area contributed by atoms with Crippen LogP contribution in [0.5, 0.6) is 0 Å². The standard InChI is InChI=1S/C12H15Br2N/c1-6-4-7(13)10-9(11(6)14)8(15)5-12(10,2)3/h4,8H,5,15H2,1-3H3/t8-/m0/s1. The Labute approximate surface area is 108 Å². The van der Waals surface area contributed by atoms with Crippen molar-refractivity contribution in [2.75, 3.05) is 0 Å². The molecule has 1 atom stereocenters. The van der Waals surface area contributed by atoms with Gasteiger partial charge >= 0.3 is 0 Å². The van der Waals surface area contributed by atoms with Gasteiger partial charge in [-0.15, -0.1) is 0 Å². The van der Waals surface area contributed by atoms with Gasteiger partial charge in [-0.3, -0.25) is 0 Å². The molecule has 1 aliphatic carbocycles. The Balaban J connectivity index is 2.78. The number of benzene rings is 1. The third-order valence-corrected chi connectivity index (χ3v) is 4.89. The van der Waals surface area contributed by atoms with E-state index in [-0.39, 0.29) is 11.5 Å². The van der Waals surface area contributed by atoms with E-state index in [0.29, 0.717) is 0 Å². The van der Waals surface area contributed by atoms with Crippen molar-refractivity contribution in [1.29, 1.82) is 0 Å². The summed E-state index contributed by atoms with van der Waals surface area (Å²) in [5.74, 6) is 0. The van der Waals surface area contributed by atoms with Gasteiger partial charge in [-0.2, -0.15) is 0 Å². The third kappa shape index (κ3) is 1.69. The van der Waals surface area contributed by atoms with Crippen molar-refractivity contribution in [3.05, 3.63) is 31.7 Å². The number of fused-ring (bicyclic) bond motifs is 1. The molecule has 0 bridgehead atoms. The van der Waals surface area contributed by atoms with Crippen molar-refractivity contribution in [3.63, 3.8) is 0 Å². The van der Waals surface area contributed by atoms with E-state index in [2.05, 4.69) is 58.7 Å². The first kappa shape index (κ1) is 11.6. The summed E-state index contributed by atoms with van der Waals surface area (Å²) < 4.78 is 2.37. The number of halogens is 2. The first-order valence-corrected chi connectivity index (χ1v) is 6.68. The van der Waals surface area contributed by atoms with Crippen molar-refractivity contribution < 1.29 is 0 Å². The smallest absolute Gasteiger partial charge is 0.0317 e. The number of aryl methyl sites for hydroxylation is 1. The minimum absolute atomic E-state index is 0.153. The average Bonchev–Trinajstić information content (AvgIpc) is 2.32. The van der Waals surface area contributed by atoms with Crippen LogP contribution < -0.4 is 5.73 Å². The van der Waals surface area contributed by atoms with Crippen LogP contribution in [-0.4, -0.2) is 0 Å². The summed E-state index contributed by atoms with van der Waals surface area (Å²) in [6.45, 7) is 6.61. The predicted octanol–water partition coefficient (Wildman–Crippen LogP) is 4.20. The van der Waals surface area contributed by atoms with Crippen LogP contribution in [0.4, 0.5) is 0 Å². The van der Waals surface area contributed by atoms with E-state index in [1.807, 2.05) is 0 Å². The van der Waals surface area contributed by atoms with Gasteiger partial charge in [0, 0.05) is 15.0 Å². The molecule has 2 rings (SSSR count). The predicted molar refractivity (Wildman–Crippen MR) is 71.2 cm³/mol.